The van der Waals surface area contributed by atoms with Crippen molar-refractivity contribution in [2.45, 2.75) is 13.8 Å². The Balaban J connectivity index is 1.54. The number of rotatable bonds is 4. The van der Waals surface area contributed by atoms with Crippen LogP contribution in [0.5, 0.6) is 0 Å². The van der Waals surface area contributed by atoms with Crippen LogP contribution in [0.15, 0.2) is 67.3 Å². The number of hydrogen-bond donors (Lipinski definition) is 1. The Bertz CT molecular complexity index is 1170. The van der Waals surface area contributed by atoms with Crippen molar-refractivity contribution >= 4 is 22.4 Å². The van der Waals surface area contributed by atoms with E-state index in [0.29, 0.717) is 10.8 Å². The Hall–Kier alpha value is -3.58. The fourth-order valence-electron chi connectivity index (χ4n) is 3.08. The summed E-state index contributed by atoms with van der Waals surface area (Å²) in [5, 5.41) is 14.4. The summed E-state index contributed by atoms with van der Waals surface area (Å²) in [7, 11) is 0. The molecule has 144 valence electrons. The molecule has 7 heteroatoms. The van der Waals surface area contributed by atoms with E-state index in [4.69, 9.17) is 0 Å². The van der Waals surface area contributed by atoms with Crippen molar-refractivity contribution in [3.63, 3.8) is 0 Å². The van der Waals surface area contributed by atoms with Gasteiger partial charge in [-0.25, -0.2) is 4.98 Å². The van der Waals surface area contributed by atoms with E-state index in [1.165, 1.54) is 34.9 Å². The maximum Gasteiger partial charge on any atom is 0.276 e. The number of nitrogens with one attached hydrogen (secondary N) is 1. The van der Waals surface area contributed by atoms with E-state index in [0.717, 1.165) is 26.3 Å². The zero-order chi connectivity index (χ0) is 20.4. The molecule has 1 aromatic carbocycles. The Labute approximate surface area is 172 Å². The van der Waals surface area contributed by atoms with Gasteiger partial charge in [0.1, 0.15) is 5.69 Å². The molecule has 0 aliphatic carbocycles. The van der Waals surface area contributed by atoms with Gasteiger partial charge in [0.05, 0.1) is 4.88 Å². The highest BCUT2D eigenvalue weighted by Crippen LogP contribution is 2.29. The largest absolute Gasteiger partial charge is 0.619 e. The molecule has 0 aliphatic rings. The SMILES string of the molecule is Cc1cc(C)cc(-c2ccnc(C(=O)Nc3ncc(-c4cc[n+]([O-])cc4)s3)c2)c1. The number of hydrogen-bond acceptors (Lipinski definition) is 5. The predicted molar refractivity (Wildman–Crippen MR) is 114 cm³/mol. The van der Waals surface area contributed by atoms with Crippen LogP contribution in [0.2, 0.25) is 0 Å². The number of aryl methyl sites for hydroxylation is 2. The maximum atomic E-state index is 12.7. The van der Waals surface area contributed by atoms with E-state index in [2.05, 4.69) is 47.3 Å². The number of anilines is 1. The van der Waals surface area contributed by atoms with E-state index in [9.17, 15) is 10.0 Å². The highest BCUT2D eigenvalue weighted by molar-refractivity contribution is 7.19. The van der Waals surface area contributed by atoms with Crippen LogP contribution in [-0.2, 0) is 0 Å². The van der Waals surface area contributed by atoms with Crippen molar-refractivity contribution in [1.82, 2.24) is 9.97 Å². The lowest BCUT2D eigenvalue weighted by atomic mass is 10.0. The summed E-state index contributed by atoms with van der Waals surface area (Å²) >= 11 is 1.34. The normalized spacial score (nSPS) is 10.7. The Morgan fingerprint density at radius 2 is 1.69 bits per heavy atom. The molecule has 0 bridgehead atoms. The van der Waals surface area contributed by atoms with E-state index in [1.54, 1.807) is 30.6 Å². The third kappa shape index (κ3) is 4.30. The van der Waals surface area contributed by atoms with Gasteiger partial charge in [0.15, 0.2) is 17.5 Å². The molecule has 3 heterocycles. The number of nitrogens with zero attached hydrogens (tertiary/aromatic N) is 3. The molecule has 0 spiro atoms. The van der Waals surface area contributed by atoms with E-state index < -0.39 is 0 Å². The first-order chi connectivity index (χ1) is 14.0. The second kappa shape index (κ2) is 7.81. The zero-order valence-corrected chi connectivity index (χ0v) is 16.7. The van der Waals surface area contributed by atoms with Gasteiger partial charge < -0.3 is 5.21 Å². The summed E-state index contributed by atoms with van der Waals surface area (Å²) in [6.07, 6.45) is 6.16. The fraction of sp³-hybridized carbons (Fsp3) is 0.0909. The van der Waals surface area contributed by atoms with Gasteiger partial charge in [-0.15, -0.1) is 0 Å². The molecule has 1 N–H and O–H groups in total. The van der Waals surface area contributed by atoms with E-state index >= 15 is 0 Å². The minimum atomic E-state index is -0.317. The number of pyridine rings is 2. The van der Waals surface area contributed by atoms with Crippen LogP contribution in [0.4, 0.5) is 5.13 Å². The summed E-state index contributed by atoms with van der Waals surface area (Å²) in [5.74, 6) is -0.317. The van der Waals surface area contributed by atoms with Crippen molar-refractivity contribution < 1.29 is 9.52 Å². The summed E-state index contributed by atoms with van der Waals surface area (Å²) < 4.78 is 0.724. The number of amides is 1. The topological polar surface area (TPSA) is 81.8 Å². The fourth-order valence-corrected chi connectivity index (χ4v) is 3.90. The average molecular weight is 402 g/mol. The molecule has 0 unspecified atom stereocenters. The highest BCUT2D eigenvalue weighted by atomic mass is 32.1. The lowest BCUT2D eigenvalue weighted by Crippen LogP contribution is -2.23. The van der Waals surface area contributed by atoms with Gasteiger partial charge in [-0.3, -0.25) is 15.1 Å². The first kappa shape index (κ1) is 18.8. The molecule has 0 saturated heterocycles. The van der Waals surface area contributed by atoms with Crippen LogP contribution in [0, 0.1) is 19.1 Å². The molecule has 1 amide bonds. The molecule has 0 aliphatic heterocycles. The van der Waals surface area contributed by atoms with Crippen LogP contribution in [0.1, 0.15) is 21.6 Å². The Kier molecular flexibility index (Phi) is 5.05. The number of aromatic nitrogens is 3. The van der Waals surface area contributed by atoms with Crippen molar-refractivity contribution in [3.05, 3.63) is 89.3 Å². The van der Waals surface area contributed by atoms with Gasteiger partial charge >= 0.3 is 0 Å². The molecular weight excluding hydrogens is 384 g/mol. The standard InChI is InChI=1S/C22H18N4O2S/c1-14-9-15(2)11-18(10-14)17-3-6-23-19(12-17)21(27)25-22-24-13-20(29-22)16-4-7-26(28)8-5-16/h3-13H,1-2H3,(H,24,25,27). The summed E-state index contributed by atoms with van der Waals surface area (Å²) in [5.41, 5.74) is 5.51. The average Bonchev–Trinajstić information content (AvgIpc) is 3.16. The molecule has 6 nitrogen and oxygen atoms in total. The van der Waals surface area contributed by atoms with Crippen LogP contribution < -0.4 is 10.0 Å². The highest BCUT2D eigenvalue weighted by Gasteiger charge is 2.13. The number of benzene rings is 1. The van der Waals surface area contributed by atoms with Crippen LogP contribution in [-0.4, -0.2) is 15.9 Å². The minimum absolute atomic E-state index is 0.317. The maximum absolute atomic E-state index is 12.7. The van der Waals surface area contributed by atoms with Gasteiger partial charge in [-0.2, -0.15) is 4.73 Å². The number of carbonyl (C=O) groups excluding carboxylic acids is 1. The summed E-state index contributed by atoms with van der Waals surface area (Å²) in [6.45, 7) is 4.10. The second-order valence-electron chi connectivity index (χ2n) is 6.74. The van der Waals surface area contributed by atoms with Gasteiger partial charge in [0.25, 0.3) is 5.91 Å². The second-order valence-corrected chi connectivity index (χ2v) is 7.77. The lowest BCUT2D eigenvalue weighted by Gasteiger charge is -2.07. The van der Waals surface area contributed by atoms with Crippen molar-refractivity contribution in [3.8, 4) is 21.6 Å². The molecule has 0 atom stereocenters. The van der Waals surface area contributed by atoms with Gasteiger partial charge in [0.2, 0.25) is 0 Å². The number of carbonyl (C=O) groups is 1. The predicted octanol–water partition coefficient (Wildman–Crippen LogP) is 4.37. The van der Waals surface area contributed by atoms with Gasteiger partial charge in [-0.1, -0.05) is 40.7 Å². The van der Waals surface area contributed by atoms with E-state index in [-0.39, 0.29) is 5.91 Å². The Morgan fingerprint density at radius 1 is 0.966 bits per heavy atom. The summed E-state index contributed by atoms with van der Waals surface area (Å²) in [6, 6.07) is 13.4. The van der Waals surface area contributed by atoms with Crippen LogP contribution in [0.25, 0.3) is 21.6 Å². The van der Waals surface area contributed by atoms with Crippen molar-refractivity contribution in [2.75, 3.05) is 5.32 Å². The molecule has 29 heavy (non-hydrogen) atoms. The third-order valence-electron chi connectivity index (χ3n) is 4.36. The first-order valence-corrected chi connectivity index (χ1v) is 9.81. The van der Waals surface area contributed by atoms with Crippen LogP contribution >= 0.6 is 11.3 Å². The monoisotopic (exact) mass is 402 g/mol. The third-order valence-corrected chi connectivity index (χ3v) is 5.32. The molecule has 0 radical (unpaired) electrons. The van der Waals surface area contributed by atoms with Crippen molar-refractivity contribution in [2.24, 2.45) is 0 Å². The van der Waals surface area contributed by atoms with Gasteiger partial charge in [0, 0.05) is 30.1 Å². The lowest BCUT2D eigenvalue weighted by molar-refractivity contribution is -0.605. The molecular formula is C22H18N4O2S. The summed E-state index contributed by atoms with van der Waals surface area (Å²) in [4.78, 5) is 22.0. The molecule has 4 rings (SSSR count). The van der Waals surface area contributed by atoms with Crippen molar-refractivity contribution in [1.29, 1.82) is 0 Å². The van der Waals surface area contributed by atoms with E-state index in [1.807, 2.05) is 6.07 Å². The minimum Gasteiger partial charge on any atom is -0.619 e. The number of thiazole rings is 1. The Morgan fingerprint density at radius 3 is 2.41 bits per heavy atom. The molecule has 0 saturated carbocycles. The van der Waals surface area contributed by atoms with Crippen LogP contribution in [0.3, 0.4) is 0 Å². The smallest absolute Gasteiger partial charge is 0.276 e. The molecule has 0 fully saturated rings. The van der Waals surface area contributed by atoms with Gasteiger partial charge in [-0.05, 0) is 37.1 Å². The first-order valence-electron chi connectivity index (χ1n) is 8.99. The molecule has 3 aromatic heterocycles. The quantitative estimate of drug-likeness (QED) is 0.406. The molecule has 4 aromatic rings. The zero-order valence-electron chi connectivity index (χ0n) is 15.9.